The molecule has 4 heterocycles. The van der Waals surface area contributed by atoms with E-state index in [1.165, 1.54) is 6.20 Å². The van der Waals surface area contributed by atoms with Crippen molar-refractivity contribution in [2.24, 2.45) is 20.2 Å². The van der Waals surface area contributed by atoms with Crippen LogP contribution in [0.3, 0.4) is 0 Å². The summed E-state index contributed by atoms with van der Waals surface area (Å²) < 4.78 is 22.9. The summed E-state index contributed by atoms with van der Waals surface area (Å²) in [5, 5.41) is 7.69. The van der Waals surface area contributed by atoms with Crippen molar-refractivity contribution in [2.45, 2.75) is 0 Å². The lowest BCUT2D eigenvalue weighted by atomic mass is 10.1. The third kappa shape index (κ3) is 5.73. The van der Waals surface area contributed by atoms with Gasteiger partial charge in [-0.25, -0.2) is 4.99 Å². The van der Waals surface area contributed by atoms with Crippen molar-refractivity contribution < 1.29 is 23.7 Å². The largest absolute Gasteiger partial charge is 0.492 e. The molecule has 1 aromatic rings. The number of azo groups is 1. The van der Waals surface area contributed by atoms with Gasteiger partial charge in [-0.2, -0.15) is 10.1 Å². The summed E-state index contributed by atoms with van der Waals surface area (Å²) in [6, 6.07) is 5.51. The van der Waals surface area contributed by atoms with E-state index in [9.17, 15) is 4.79 Å². The van der Waals surface area contributed by atoms with Crippen LogP contribution in [0.2, 0.25) is 0 Å². The van der Waals surface area contributed by atoms with Crippen LogP contribution in [0.4, 0.5) is 0 Å². The summed E-state index contributed by atoms with van der Waals surface area (Å²) in [6.45, 7) is 9.26. The highest BCUT2D eigenvalue weighted by atomic mass is 16.5. The standard InChI is InChI=1S/C23H28N6O5/c30-23-20-16-24-27-22(20)25-21(26-23)17-13-18(33-11-5-28-1-7-31-8-2-28)15-19(14-17)34-12-6-29-3-9-32-10-4-29/h13-16H,1-12H2. The van der Waals surface area contributed by atoms with E-state index in [0.29, 0.717) is 35.8 Å². The molecule has 0 spiro atoms. The first-order valence-corrected chi connectivity index (χ1v) is 11.6. The molecule has 0 saturated carbocycles. The summed E-state index contributed by atoms with van der Waals surface area (Å²) >= 11 is 0. The Labute approximate surface area is 197 Å². The highest BCUT2D eigenvalue weighted by Crippen LogP contribution is 2.26. The number of rotatable bonds is 9. The van der Waals surface area contributed by atoms with Gasteiger partial charge in [-0.15, -0.1) is 5.11 Å². The van der Waals surface area contributed by atoms with Crippen LogP contribution in [0, 0.1) is 0 Å². The van der Waals surface area contributed by atoms with Gasteiger partial charge in [-0.3, -0.25) is 14.6 Å². The normalized spacial score (nSPS) is 21.1. The number of amidine groups is 2. The molecule has 2 fully saturated rings. The Morgan fingerprint density at radius 3 is 1.97 bits per heavy atom. The summed E-state index contributed by atoms with van der Waals surface area (Å²) in [4.78, 5) is 25.5. The summed E-state index contributed by atoms with van der Waals surface area (Å²) in [5.74, 6) is 1.42. The van der Waals surface area contributed by atoms with Crippen molar-refractivity contribution in [3.05, 3.63) is 35.5 Å². The summed E-state index contributed by atoms with van der Waals surface area (Å²) in [7, 11) is 0. The predicted octanol–water partition coefficient (Wildman–Crippen LogP) is 1.14. The first-order valence-electron chi connectivity index (χ1n) is 11.6. The van der Waals surface area contributed by atoms with Crippen LogP contribution in [-0.4, -0.2) is 106 Å². The van der Waals surface area contributed by atoms with E-state index in [-0.39, 0.29) is 11.7 Å². The average molecular weight is 469 g/mol. The van der Waals surface area contributed by atoms with Crippen LogP contribution in [0.5, 0.6) is 11.5 Å². The van der Waals surface area contributed by atoms with Crippen molar-refractivity contribution in [3.63, 3.8) is 0 Å². The van der Waals surface area contributed by atoms with Gasteiger partial charge < -0.3 is 18.9 Å². The van der Waals surface area contributed by atoms with Gasteiger partial charge in [-0.05, 0) is 12.1 Å². The third-order valence-corrected chi connectivity index (χ3v) is 5.93. The topological polar surface area (TPSA) is 110 Å². The van der Waals surface area contributed by atoms with Crippen LogP contribution >= 0.6 is 0 Å². The van der Waals surface area contributed by atoms with Crippen molar-refractivity contribution in [1.82, 2.24) is 9.80 Å². The number of carbonyl (C=O) groups is 1. The van der Waals surface area contributed by atoms with Crippen molar-refractivity contribution in [2.75, 3.05) is 78.9 Å². The molecule has 1 aromatic carbocycles. The Morgan fingerprint density at radius 1 is 0.794 bits per heavy atom. The Balaban J connectivity index is 1.29. The fourth-order valence-electron chi connectivity index (χ4n) is 4.00. The minimum Gasteiger partial charge on any atom is -0.492 e. The molecule has 11 heteroatoms. The van der Waals surface area contributed by atoms with E-state index in [4.69, 9.17) is 18.9 Å². The molecule has 0 aromatic heterocycles. The van der Waals surface area contributed by atoms with E-state index in [2.05, 4.69) is 30.0 Å². The smallest absolute Gasteiger partial charge is 0.284 e. The number of hydrogen-bond acceptors (Lipinski definition) is 10. The molecule has 2 saturated heterocycles. The van der Waals surface area contributed by atoms with Gasteiger partial charge in [0.1, 0.15) is 30.3 Å². The number of ether oxygens (including phenoxy) is 4. The molecule has 1 amide bonds. The van der Waals surface area contributed by atoms with Crippen LogP contribution in [0.1, 0.15) is 5.56 Å². The van der Waals surface area contributed by atoms with Crippen LogP contribution < -0.4 is 9.47 Å². The Kier molecular flexibility index (Phi) is 7.34. The highest BCUT2D eigenvalue weighted by molar-refractivity contribution is 6.31. The quantitative estimate of drug-likeness (QED) is 0.535. The lowest BCUT2D eigenvalue weighted by Crippen LogP contribution is -2.38. The van der Waals surface area contributed by atoms with Gasteiger partial charge in [0.25, 0.3) is 5.91 Å². The fourth-order valence-corrected chi connectivity index (χ4v) is 4.00. The van der Waals surface area contributed by atoms with Gasteiger partial charge in [0.15, 0.2) is 11.7 Å². The molecule has 0 aliphatic carbocycles. The Hall–Kier alpha value is -2.99. The number of aliphatic imine (C=N–C) groups is 2. The molecule has 0 unspecified atom stereocenters. The second-order valence-corrected chi connectivity index (χ2v) is 8.23. The molecular weight excluding hydrogens is 440 g/mol. The summed E-state index contributed by atoms with van der Waals surface area (Å²) in [6.07, 6.45) is 1.38. The molecular formula is C23H28N6O5. The third-order valence-electron chi connectivity index (χ3n) is 5.93. The predicted molar refractivity (Wildman–Crippen MR) is 124 cm³/mol. The average Bonchev–Trinajstić information content (AvgIpc) is 3.35. The number of carbonyl (C=O) groups excluding carboxylic acids is 1. The Morgan fingerprint density at radius 2 is 1.38 bits per heavy atom. The van der Waals surface area contributed by atoms with E-state index < -0.39 is 5.91 Å². The molecule has 5 rings (SSSR count). The Bertz CT molecular complexity index is 982. The van der Waals surface area contributed by atoms with Gasteiger partial charge in [0.2, 0.25) is 0 Å². The highest BCUT2D eigenvalue weighted by Gasteiger charge is 2.26. The maximum absolute atomic E-state index is 12.4. The van der Waals surface area contributed by atoms with Gasteiger partial charge >= 0.3 is 0 Å². The molecule has 0 radical (unpaired) electrons. The van der Waals surface area contributed by atoms with Crippen molar-refractivity contribution in [3.8, 4) is 11.5 Å². The second kappa shape index (κ2) is 11.0. The second-order valence-electron chi connectivity index (χ2n) is 8.23. The zero-order valence-corrected chi connectivity index (χ0v) is 19.0. The maximum Gasteiger partial charge on any atom is 0.284 e. The minimum atomic E-state index is -0.404. The monoisotopic (exact) mass is 468 g/mol. The van der Waals surface area contributed by atoms with E-state index in [0.717, 1.165) is 65.7 Å². The SMILES string of the molecule is O=C1N=C(c2cc(OCCN3CCOCC3)cc(OCCN3CCOCC3)c2)N=C2N=NC=C12. The molecule has 34 heavy (non-hydrogen) atoms. The first kappa shape index (κ1) is 22.8. The molecule has 11 nitrogen and oxygen atoms in total. The van der Waals surface area contributed by atoms with Gasteiger partial charge in [-0.1, -0.05) is 0 Å². The maximum atomic E-state index is 12.4. The molecule has 0 atom stereocenters. The molecule has 0 bridgehead atoms. The zero-order valence-electron chi connectivity index (χ0n) is 19.0. The summed E-state index contributed by atoms with van der Waals surface area (Å²) in [5.41, 5.74) is 0.941. The number of morpholine rings is 2. The number of hydrogen-bond donors (Lipinski definition) is 0. The van der Waals surface area contributed by atoms with E-state index >= 15 is 0 Å². The van der Waals surface area contributed by atoms with Crippen molar-refractivity contribution >= 4 is 17.6 Å². The minimum absolute atomic E-state index is 0.273. The number of nitrogens with zero attached hydrogens (tertiary/aromatic N) is 6. The number of fused-ring (bicyclic) bond motifs is 1. The van der Waals surface area contributed by atoms with Crippen molar-refractivity contribution in [1.29, 1.82) is 0 Å². The molecule has 0 N–H and O–H groups in total. The molecule has 4 aliphatic rings. The number of amides is 1. The van der Waals surface area contributed by atoms with E-state index in [1.54, 1.807) is 0 Å². The van der Waals surface area contributed by atoms with Gasteiger partial charge in [0.05, 0.1) is 32.6 Å². The van der Waals surface area contributed by atoms with Crippen LogP contribution in [0.25, 0.3) is 0 Å². The van der Waals surface area contributed by atoms with Crippen LogP contribution in [0.15, 0.2) is 50.2 Å². The molecule has 180 valence electrons. The zero-order chi connectivity index (χ0) is 23.2. The molecule has 4 aliphatic heterocycles. The number of benzene rings is 1. The van der Waals surface area contributed by atoms with Crippen LogP contribution in [-0.2, 0) is 14.3 Å². The first-order chi connectivity index (χ1) is 16.7. The lowest BCUT2D eigenvalue weighted by Gasteiger charge is -2.26. The lowest BCUT2D eigenvalue weighted by molar-refractivity contribution is -0.113. The van der Waals surface area contributed by atoms with E-state index in [1.807, 2.05) is 18.2 Å². The van der Waals surface area contributed by atoms with Gasteiger partial charge in [0, 0.05) is 50.9 Å². The fraction of sp³-hybridized carbons (Fsp3) is 0.522.